The van der Waals surface area contributed by atoms with Gasteiger partial charge in [-0.1, -0.05) is 19.3 Å². The monoisotopic (exact) mass is 280 g/mol. The number of methoxy groups -OCH3 is 1. The molecule has 18 heavy (non-hydrogen) atoms. The number of hydrogen-bond acceptors (Lipinski definition) is 5. The molecule has 0 radical (unpaired) electrons. The van der Waals surface area contributed by atoms with Crippen molar-refractivity contribution in [2.75, 3.05) is 20.3 Å². The average molecular weight is 280 g/mol. The van der Waals surface area contributed by atoms with E-state index in [4.69, 9.17) is 0 Å². The molecule has 0 aliphatic heterocycles. The van der Waals surface area contributed by atoms with Gasteiger partial charge in [-0.05, 0) is 12.8 Å². The third-order valence-corrected chi connectivity index (χ3v) is 4.25. The van der Waals surface area contributed by atoms with Crippen LogP contribution in [0.4, 0.5) is 4.79 Å². The summed E-state index contributed by atoms with van der Waals surface area (Å²) in [7, 11) is -2.84. The first-order chi connectivity index (χ1) is 8.43. The van der Waals surface area contributed by atoms with Crippen molar-refractivity contribution in [3.8, 4) is 0 Å². The quantitative estimate of drug-likeness (QED) is 0.663. The van der Waals surface area contributed by atoms with Gasteiger partial charge in [0.2, 0.25) is 0 Å². The lowest BCUT2D eigenvalue weighted by molar-refractivity contribution is 0.0866. The molecule has 106 valence electrons. The summed E-state index contributed by atoms with van der Waals surface area (Å²) in [6, 6.07) is 0. The lowest BCUT2D eigenvalue weighted by Crippen LogP contribution is -2.46. The predicted octanol–water partition coefficient (Wildman–Crippen LogP) is 0.120. The Labute approximate surface area is 107 Å². The van der Waals surface area contributed by atoms with Crippen LogP contribution in [0.3, 0.4) is 0 Å². The van der Waals surface area contributed by atoms with Gasteiger partial charge in [0.25, 0.3) is 0 Å². The van der Waals surface area contributed by atoms with Crippen LogP contribution in [0.1, 0.15) is 32.1 Å². The molecule has 1 aliphatic rings. The van der Waals surface area contributed by atoms with Crippen LogP contribution in [0.2, 0.25) is 0 Å². The first-order valence-corrected chi connectivity index (χ1v) is 7.38. The van der Waals surface area contributed by atoms with Crippen molar-refractivity contribution in [2.24, 2.45) is 5.41 Å². The fourth-order valence-corrected chi connectivity index (χ4v) is 3.00. The maximum absolute atomic E-state index is 11.5. The van der Waals surface area contributed by atoms with Crippen LogP contribution < -0.4 is 9.44 Å². The van der Waals surface area contributed by atoms with E-state index in [-0.39, 0.29) is 13.2 Å². The molecule has 1 aliphatic carbocycles. The number of aliphatic hydroxyl groups excluding tert-OH is 1. The van der Waals surface area contributed by atoms with E-state index in [2.05, 4.69) is 9.46 Å². The molecule has 0 saturated heterocycles. The third kappa shape index (κ3) is 4.43. The van der Waals surface area contributed by atoms with E-state index >= 15 is 0 Å². The second kappa shape index (κ2) is 6.35. The molecular formula is C10H20N2O5S. The summed E-state index contributed by atoms with van der Waals surface area (Å²) >= 11 is 0. The minimum Gasteiger partial charge on any atom is -0.452 e. The van der Waals surface area contributed by atoms with E-state index in [9.17, 15) is 18.3 Å². The summed E-state index contributed by atoms with van der Waals surface area (Å²) in [4.78, 5) is 10.8. The summed E-state index contributed by atoms with van der Waals surface area (Å²) in [5.41, 5.74) is -0.414. The topological polar surface area (TPSA) is 105 Å². The summed E-state index contributed by atoms with van der Waals surface area (Å²) in [6.45, 7) is 0.0591. The van der Waals surface area contributed by atoms with E-state index in [0.717, 1.165) is 39.2 Å². The van der Waals surface area contributed by atoms with Crippen molar-refractivity contribution >= 4 is 16.3 Å². The Morgan fingerprint density at radius 2 is 1.94 bits per heavy atom. The Morgan fingerprint density at radius 3 is 2.44 bits per heavy atom. The van der Waals surface area contributed by atoms with Gasteiger partial charge in [0.1, 0.15) is 0 Å². The molecule has 0 aromatic carbocycles. The van der Waals surface area contributed by atoms with Crippen LogP contribution in [0.5, 0.6) is 0 Å². The van der Waals surface area contributed by atoms with Gasteiger partial charge in [0.05, 0.1) is 7.11 Å². The average Bonchev–Trinajstić information content (AvgIpc) is 2.37. The Morgan fingerprint density at radius 1 is 1.33 bits per heavy atom. The summed E-state index contributed by atoms with van der Waals surface area (Å²) in [5.74, 6) is 0. The highest BCUT2D eigenvalue weighted by molar-refractivity contribution is 7.88. The largest absolute Gasteiger partial charge is 0.452 e. The molecular weight excluding hydrogens is 260 g/mol. The molecule has 1 amide bonds. The Balaban J connectivity index is 2.54. The van der Waals surface area contributed by atoms with Gasteiger partial charge in [0.15, 0.2) is 0 Å². The van der Waals surface area contributed by atoms with Crippen molar-refractivity contribution in [1.82, 2.24) is 9.44 Å². The van der Waals surface area contributed by atoms with E-state index in [1.54, 1.807) is 4.72 Å². The Bertz CT molecular complexity index is 376. The van der Waals surface area contributed by atoms with Crippen molar-refractivity contribution in [1.29, 1.82) is 0 Å². The van der Waals surface area contributed by atoms with Gasteiger partial charge >= 0.3 is 16.3 Å². The minimum absolute atomic E-state index is 0.0618. The second-order valence-electron chi connectivity index (χ2n) is 4.64. The number of amides is 1. The summed E-state index contributed by atoms with van der Waals surface area (Å²) in [5, 5.41) is 9.42. The van der Waals surface area contributed by atoms with Crippen molar-refractivity contribution in [3.63, 3.8) is 0 Å². The van der Waals surface area contributed by atoms with Crippen LogP contribution in [-0.2, 0) is 14.9 Å². The molecule has 1 rings (SSSR count). The highest BCUT2D eigenvalue weighted by Crippen LogP contribution is 2.35. The SMILES string of the molecule is COC(=O)NS(=O)(=O)NCC1(CO)CCCCC1. The van der Waals surface area contributed by atoms with Gasteiger partial charge in [-0.3, -0.25) is 0 Å². The van der Waals surface area contributed by atoms with E-state index in [1.807, 2.05) is 0 Å². The standard InChI is InChI=1S/C10H20N2O5S/c1-17-9(14)12-18(15,16)11-7-10(8-13)5-3-2-4-6-10/h11,13H,2-8H2,1H3,(H,12,14). The molecule has 8 heteroatoms. The molecule has 0 aromatic heterocycles. The van der Waals surface area contributed by atoms with Crippen molar-refractivity contribution in [3.05, 3.63) is 0 Å². The molecule has 1 fully saturated rings. The Hall–Kier alpha value is -0.860. The predicted molar refractivity (Wildman–Crippen MR) is 65.1 cm³/mol. The molecule has 1 saturated carbocycles. The molecule has 0 bridgehead atoms. The lowest BCUT2D eigenvalue weighted by atomic mass is 9.75. The number of carbonyl (C=O) groups is 1. The van der Waals surface area contributed by atoms with Gasteiger partial charge in [-0.2, -0.15) is 13.1 Å². The Kier molecular flexibility index (Phi) is 5.36. The van der Waals surface area contributed by atoms with Gasteiger partial charge in [-0.25, -0.2) is 9.52 Å². The van der Waals surface area contributed by atoms with Crippen LogP contribution in [-0.4, -0.2) is 39.9 Å². The van der Waals surface area contributed by atoms with Crippen LogP contribution in [0.25, 0.3) is 0 Å². The second-order valence-corrected chi connectivity index (χ2v) is 6.14. The number of ether oxygens (including phenoxy) is 1. The van der Waals surface area contributed by atoms with Gasteiger partial charge < -0.3 is 9.84 Å². The highest BCUT2D eigenvalue weighted by atomic mass is 32.2. The first-order valence-electron chi connectivity index (χ1n) is 5.89. The zero-order valence-corrected chi connectivity index (χ0v) is 11.3. The maximum atomic E-state index is 11.5. The number of rotatable bonds is 5. The van der Waals surface area contributed by atoms with Crippen molar-refractivity contribution in [2.45, 2.75) is 32.1 Å². The molecule has 3 N–H and O–H groups in total. The summed E-state index contributed by atoms with van der Waals surface area (Å²) in [6.07, 6.45) is 3.59. The van der Waals surface area contributed by atoms with Crippen LogP contribution >= 0.6 is 0 Å². The molecule has 0 unspecified atom stereocenters. The van der Waals surface area contributed by atoms with Crippen LogP contribution in [0.15, 0.2) is 0 Å². The van der Waals surface area contributed by atoms with E-state index < -0.39 is 21.7 Å². The van der Waals surface area contributed by atoms with E-state index in [1.165, 1.54) is 0 Å². The minimum atomic E-state index is -3.93. The number of carbonyl (C=O) groups excluding carboxylic acids is 1. The maximum Gasteiger partial charge on any atom is 0.421 e. The molecule has 0 atom stereocenters. The van der Waals surface area contributed by atoms with Gasteiger partial charge in [-0.15, -0.1) is 0 Å². The number of aliphatic hydroxyl groups is 1. The highest BCUT2D eigenvalue weighted by Gasteiger charge is 2.32. The number of hydrogen-bond donors (Lipinski definition) is 3. The van der Waals surface area contributed by atoms with E-state index in [0.29, 0.717) is 0 Å². The van der Waals surface area contributed by atoms with Crippen molar-refractivity contribution < 1.29 is 23.1 Å². The van der Waals surface area contributed by atoms with Crippen LogP contribution in [0, 0.1) is 5.41 Å². The summed E-state index contributed by atoms with van der Waals surface area (Å²) < 4.78 is 31.2. The zero-order chi connectivity index (χ0) is 13.6. The van der Waals surface area contributed by atoms with Gasteiger partial charge in [0, 0.05) is 18.6 Å². The normalized spacial score (nSPS) is 19.2. The smallest absolute Gasteiger partial charge is 0.421 e. The molecule has 0 spiro atoms. The fourth-order valence-electron chi connectivity index (χ4n) is 2.13. The zero-order valence-electron chi connectivity index (χ0n) is 10.4. The molecule has 7 nitrogen and oxygen atoms in total. The lowest BCUT2D eigenvalue weighted by Gasteiger charge is -2.35. The third-order valence-electron chi connectivity index (χ3n) is 3.29. The fraction of sp³-hybridized carbons (Fsp3) is 0.900. The molecule has 0 heterocycles. The first kappa shape index (κ1) is 15.2. The molecule has 0 aromatic rings. The number of nitrogens with one attached hydrogen (secondary N) is 2.